The predicted octanol–water partition coefficient (Wildman–Crippen LogP) is 3.76. The van der Waals surface area contributed by atoms with Crippen molar-refractivity contribution in [3.63, 3.8) is 0 Å². The topological polar surface area (TPSA) is 67.4 Å². The van der Waals surface area contributed by atoms with Crippen LogP contribution in [-0.2, 0) is 14.0 Å². The minimum absolute atomic E-state index is 0.0293. The Bertz CT molecular complexity index is 560. The van der Waals surface area contributed by atoms with Crippen molar-refractivity contribution in [2.75, 3.05) is 0 Å². The van der Waals surface area contributed by atoms with Gasteiger partial charge in [-0.05, 0) is 45.3 Å². The molecule has 26 heavy (non-hydrogen) atoms. The molecule has 0 saturated heterocycles. The summed E-state index contributed by atoms with van der Waals surface area (Å²) in [4.78, 5) is 25.0. The van der Waals surface area contributed by atoms with Gasteiger partial charge in [-0.3, -0.25) is 9.59 Å². The molecule has 0 bridgehead atoms. The third-order valence-electron chi connectivity index (χ3n) is 5.50. The smallest absolute Gasteiger partial charge is 0.246 e. The molecule has 1 saturated carbocycles. The lowest BCUT2D eigenvalue weighted by molar-refractivity contribution is -0.134. The molecule has 1 rings (SSSR count). The molecule has 0 spiro atoms. The zero-order valence-electron chi connectivity index (χ0n) is 18.1. The zero-order valence-corrected chi connectivity index (χ0v) is 19.1. The lowest BCUT2D eigenvalue weighted by Crippen LogP contribution is -2.60. The molecule has 1 aliphatic rings. The first-order valence-electron chi connectivity index (χ1n) is 9.45. The molecule has 0 heterocycles. The lowest BCUT2D eigenvalue weighted by atomic mass is 9.92. The second-order valence-electron chi connectivity index (χ2n) is 10.2. The van der Waals surface area contributed by atoms with E-state index in [1.54, 1.807) is 0 Å². The summed E-state index contributed by atoms with van der Waals surface area (Å²) in [6.45, 7) is 22.2. The fourth-order valence-corrected chi connectivity index (χ4v) is 4.54. The number of hydrogen-bond donors (Lipinski definition) is 2. The average Bonchev–Trinajstić information content (AvgIpc) is 2.73. The Kier molecular flexibility index (Phi) is 6.58. The van der Waals surface area contributed by atoms with Crippen molar-refractivity contribution in [1.82, 2.24) is 10.6 Å². The maximum absolute atomic E-state index is 13.1. The molecular formula is C20H38N2O3Si. The second kappa shape index (κ2) is 7.47. The quantitative estimate of drug-likeness (QED) is 0.562. The Hall–Kier alpha value is -1.14. The molecule has 3 atom stereocenters. The van der Waals surface area contributed by atoms with Gasteiger partial charge in [0.2, 0.25) is 11.8 Å². The fourth-order valence-electron chi connectivity index (χ4n) is 3.17. The van der Waals surface area contributed by atoms with Crippen LogP contribution in [0.15, 0.2) is 12.7 Å². The van der Waals surface area contributed by atoms with E-state index < -0.39 is 13.9 Å². The van der Waals surface area contributed by atoms with Gasteiger partial charge >= 0.3 is 0 Å². The Balaban J connectivity index is 3.17. The summed E-state index contributed by atoms with van der Waals surface area (Å²) < 4.78 is 6.62. The predicted molar refractivity (Wildman–Crippen MR) is 109 cm³/mol. The summed E-state index contributed by atoms with van der Waals surface area (Å²) in [5.41, 5.74) is -1.32. The molecule has 6 heteroatoms. The van der Waals surface area contributed by atoms with Gasteiger partial charge in [0.05, 0.1) is 6.10 Å². The number of carbonyl (C=O) groups is 2. The highest BCUT2D eigenvalue weighted by Crippen LogP contribution is 2.44. The number of carbonyl (C=O) groups excluding carboxylic acids is 2. The molecule has 5 nitrogen and oxygen atoms in total. The molecule has 0 aromatic carbocycles. The van der Waals surface area contributed by atoms with Crippen LogP contribution in [0.25, 0.3) is 0 Å². The minimum Gasteiger partial charge on any atom is -0.413 e. The van der Waals surface area contributed by atoms with E-state index in [1.807, 2.05) is 26.8 Å². The Morgan fingerprint density at radius 1 is 1.15 bits per heavy atom. The van der Waals surface area contributed by atoms with Gasteiger partial charge in [0.15, 0.2) is 8.32 Å². The highest BCUT2D eigenvalue weighted by Gasteiger charge is 2.53. The van der Waals surface area contributed by atoms with Crippen molar-refractivity contribution < 1.29 is 14.0 Å². The molecule has 0 aromatic rings. The van der Waals surface area contributed by atoms with Gasteiger partial charge in [0.1, 0.15) is 5.54 Å². The zero-order chi connectivity index (χ0) is 20.6. The summed E-state index contributed by atoms with van der Waals surface area (Å²) in [5, 5.41) is 6.04. The van der Waals surface area contributed by atoms with Crippen LogP contribution < -0.4 is 10.6 Å². The van der Waals surface area contributed by atoms with Crippen LogP contribution in [0.4, 0.5) is 0 Å². The van der Waals surface area contributed by atoms with E-state index in [1.165, 1.54) is 6.92 Å². The highest BCUT2D eigenvalue weighted by molar-refractivity contribution is 6.74. The number of amides is 2. The van der Waals surface area contributed by atoms with Crippen molar-refractivity contribution in [3.8, 4) is 0 Å². The van der Waals surface area contributed by atoms with E-state index in [0.29, 0.717) is 12.8 Å². The largest absolute Gasteiger partial charge is 0.413 e. The van der Waals surface area contributed by atoms with Crippen LogP contribution in [0.5, 0.6) is 0 Å². The third kappa shape index (κ3) is 5.43. The SMILES string of the molecule is C=CC1CC(NC(C)=O)(C(=O)NC(C)(C)C)CC1O[Si](C)(C)C(C)(C)C. The summed E-state index contributed by atoms with van der Waals surface area (Å²) in [6.07, 6.45) is 2.73. The van der Waals surface area contributed by atoms with Gasteiger partial charge in [-0.15, -0.1) is 6.58 Å². The summed E-state index contributed by atoms with van der Waals surface area (Å²) >= 11 is 0. The molecule has 3 unspecified atom stereocenters. The number of nitrogens with one attached hydrogen (secondary N) is 2. The Morgan fingerprint density at radius 3 is 2.08 bits per heavy atom. The van der Waals surface area contributed by atoms with Gasteiger partial charge in [-0.1, -0.05) is 26.8 Å². The van der Waals surface area contributed by atoms with E-state index in [-0.39, 0.29) is 34.4 Å². The van der Waals surface area contributed by atoms with Crippen molar-refractivity contribution >= 4 is 20.1 Å². The average molecular weight is 383 g/mol. The number of hydrogen-bond acceptors (Lipinski definition) is 3. The van der Waals surface area contributed by atoms with Crippen molar-refractivity contribution in [2.24, 2.45) is 5.92 Å². The van der Waals surface area contributed by atoms with Gasteiger partial charge in [0.25, 0.3) is 0 Å². The standard InChI is InChI=1S/C20H38N2O3Si/c1-11-15-12-20(21-14(2)23,17(24)22-18(3,4)5)13-16(15)25-26(9,10)19(6,7)8/h11,15-16H,1,12-13H2,2-10H3,(H,21,23)(H,22,24). The van der Waals surface area contributed by atoms with Crippen LogP contribution in [0, 0.1) is 5.92 Å². The molecular weight excluding hydrogens is 344 g/mol. The maximum Gasteiger partial charge on any atom is 0.246 e. The lowest BCUT2D eigenvalue weighted by Gasteiger charge is -2.40. The van der Waals surface area contributed by atoms with Crippen molar-refractivity contribution in [1.29, 1.82) is 0 Å². The Morgan fingerprint density at radius 2 is 1.69 bits per heavy atom. The Labute approximate surface area is 160 Å². The van der Waals surface area contributed by atoms with Gasteiger partial charge < -0.3 is 15.1 Å². The molecule has 2 amide bonds. The van der Waals surface area contributed by atoms with Gasteiger partial charge in [0, 0.05) is 24.8 Å². The van der Waals surface area contributed by atoms with Crippen LogP contribution in [0.3, 0.4) is 0 Å². The first kappa shape index (κ1) is 22.9. The molecule has 1 fully saturated rings. The van der Waals surface area contributed by atoms with E-state index in [4.69, 9.17) is 4.43 Å². The fraction of sp³-hybridized carbons (Fsp3) is 0.800. The summed E-state index contributed by atoms with van der Waals surface area (Å²) in [7, 11) is -2.00. The normalized spacial score (nSPS) is 27.1. The van der Waals surface area contributed by atoms with Crippen LogP contribution in [-0.4, -0.2) is 37.3 Å². The molecule has 0 aliphatic heterocycles. The molecule has 0 radical (unpaired) electrons. The van der Waals surface area contributed by atoms with Gasteiger partial charge in [-0.25, -0.2) is 0 Å². The molecule has 1 aliphatic carbocycles. The van der Waals surface area contributed by atoms with Gasteiger partial charge in [-0.2, -0.15) is 0 Å². The summed E-state index contributed by atoms with van der Waals surface area (Å²) in [5.74, 6) is -0.320. The molecule has 0 aromatic heterocycles. The van der Waals surface area contributed by atoms with E-state index in [0.717, 1.165) is 0 Å². The monoisotopic (exact) mass is 382 g/mol. The maximum atomic E-state index is 13.1. The number of rotatable bonds is 5. The van der Waals surface area contributed by atoms with Crippen LogP contribution >= 0.6 is 0 Å². The molecule has 150 valence electrons. The first-order chi connectivity index (χ1) is 11.5. The van der Waals surface area contributed by atoms with Crippen LogP contribution in [0.1, 0.15) is 61.3 Å². The van der Waals surface area contributed by atoms with E-state index in [2.05, 4.69) is 51.1 Å². The highest BCUT2D eigenvalue weighted by atomic mass is 28.4. The first-order valence-corrected chi connectivity index (χ1v) is 12.4. The third-order valence-corrected chi connectivity index (χ3v) is 10.0. The second-order valence-corrected chi connectivity index (χ2v) is 14.9. The van der Waals surface area contributed by atoms with Crippen LogP contribution in [0.2, 0.25) is 18.1 Å². The van der Waals surface area contributed by atoms with Crippen molar-refractivity contribution in [3.05, 3.63) is 12.7 Å². The summed E-state index contributed by atoms with van der Waals surface area (Å²) in [6, 6.07) is 0. The minimum atomic E-state index is -2.00. The molecule has 2 N–H and O–H groups in total. The van der Waals surface area contributed by atoms with E-state index in [9.17, 15) is 9.59 Å². The van der Waals surface area contributed by atoms with Crippen molar-refractivity contribution in [2.45, 2.75) is 96.6 Å². The van der Waals surface area contributed by atoms with E-state index >= 15 is 0 Å².